The van der Waals surface area contributed by atoms with E-state index >= 15 is 0 Å². The SMILES string of the molecule is CCCC[C@]1(CC)CS(=O)(=O)c2cc(OC(C)C)ccc2[C@@H](c2ccccc2)N1O. The molecule has 0 aliphatic carbocycles. The van der Waals surface area contributed by atoms with Gasteiger partial charge in [0.2, 0.25) is 0 Å². The molecule has 0 bridgehead atoms. The molecule has 0 fully saturated rings. The van der Waals surface area contributed by atoms with E-state index in [9.17, 15) is 13.6 Å². The first-order valence-corrected chi connectivity index (χ1v) is 12.5. The van der Waals surface area contributed by atoms with E-state index in [1.807, 2.05) is 51.1 Å². The Kier molecular flexibility index (Phi) is 6.90. The molecule has 30 heavy (non-hydrogen) atoms. The monoisotopic (exact) mass is 431 g/mol. The Balaban J connectivity index is 2.25. The van der Waals surface area contributed by atoms with Crippen molar-refractivity contribution in [2.75, 3.05) is 5.75 Å². The minimum absolute atomic E-state index is 0.0601. The molecule has 5 nitrogen and oxygen atoms in total. The average molecular weight is 432 g/mol. The van der Waals surface area contributed by atoms with Crippen molar-refractivity contribution in [2.45, 2.75) is 76.0 Å². The van der Waals surface area contributed by atoms with Crippen molar-refractivity contribution in [2.24, 2.45) is 0 Å². The third kappa shape index (κ3) is 4.41. The van der Waals surface area contributed by atoms with Gasteiger partial charge in [-0.15, -0.1) is 0 Å². The molecular weight excluding hydrogens is 398 g/mol. The van der Waals surface area contributed by atoms with Crippen LogP contribution in [0.15, 0.2) is 53.4 Å². The summed E-state index contributed by atoms with van der Waals surface area (Å²) in [6, 6.07) is 14.3. The predicted molar refractivity (Wildman–Crippen MR) is 119 cm³/mol. The molecule has 0 aromatic heterocycles. The molecule has 1 aliphatic rings. The summed E-state index contributed by atoms with van der Waals surface area (Å²) in [5.74, 6) is 0.412. The van der Waals surface area contributed by atoms with E-state index in [4.69, 9.17) is 4.74 Å². The number of sulfone groups is 1. The molecule has 0 radical (unpaired) electrons. The number of hydrogen-bond acceptors (Lipinski definition) is 5. The first kappa shape index (κ1) is 22.8. The van der Waals surface area contributed by atoms with E-state index in [1.165, 1.54) is 5.06 Å². The summed E-state index contributed by atoms with van der Waals surface area (Å²) in [5.41, 5.74) is 0.602. The van der Waals surface area contributed by atoms with Gasteiger partial charge in [0.15, 0.2) is 9.84 Å². The normalized spacial score (nSPS) is 23.7. The summed E-state index contributed by atoms with van der Waals surface area (Å²) >= 11 is 0. The molecular formula is C24H33NO4S. The molecule has 0 unspecified atom stereocenters. The van der Waals surface area contributed by atoms with Crippen molar-refractivity contribution in [1.29, 1.82) is 0 Å². The van der Waals surface area contributed by atoms with Crippen LogP contribution in [0.25, 0.3) is 0 Å². The second kappa shape index (κ2) is 9.08. The fourth-order valence-corrected chi connectivity index (χ4v) is 6.53. The lowest BCUT2D eigenvalue weighted by atomic mass is 9.87. The van der Waals surface area contributed by atoms with Crippen LogP contribution < -0.4 is 4.74 Å². The second-order valence-electron chi connectivity index (χ2n) is 8.46. The van der Waals surface area contributed by atoms with Crippen LogP contribution in [0, 0.1) is 0 Å². The van der Waals surface area contributed by atoms with Gasteiger partial charge in [-0.05, 0) is 49.9 Å². The zero-order chi connectivity index (χ0) is 21.9. The molecule has 164 valence electrons. The molecule has 0 saturated heterocycles. The topological polar surface area (TPSA) is 66.8 Å². The molecule has 3 rings (SSSR count). The van der Waals surface area contributed by atoms with E-state index in [1.54, 1.807) is 18.2 Å². The van der Waals surface area contributed by atoms with Gasteiger partial charge < -0.3 is 9.94 Å². The first-order chi connectivity index (χ1) is 14.2. The molecule has 0 saturated carbocycles. The van der Waals surface area contributed by atoms with E-state index in [0.717, 1.165) is 18.4 Å². The zero-order valence-corrected chi connectivity index (χ0v) is 19.2. The van der Waals surface area contributed by atoms with Crippen molar-refractivity contribution < 1.29 is 18.4 Å². The summed E-state index contributed by atoms with van der Waals surface area (Å²) in [5, 5.41) is 12.9. The maximum atomic E-state index is 13.6. The van der Waals surface area contributed by atoms with Gasteiger partial charge in [-0.2, -0.15) is 5.06 Å². The Morgan fingerprint density at radius 1 is 1.17 bits per heavy atom. The minimum Gasteiger partial charge on any atom is -0.491 e. The Labute approximate surface area is 180 Å². The first-order valence-electron chi connectivity index (χ1n) is 10.8. The van der Waals surface area contributed by atoms with Crippen LogP contribution in [-0.2, 0) is 9.84 Å². The van der Waals surface area contributed by atoms with Crippen LogP contribution in [0.1, 0.15) is 70.5 Å². The summed E-state index contributed by atoms with van der Waals surface area (Å²) in [7, 11) is -3.64. The fourth-order valence-electron chi connectivity index (χ4n) is 4.35. The second-order valence-corrected chi connectivity index (χ2v) is 10.4. The van der Waals surface area contributed by atoms with Crippen molar-refractivity contribution in [3.05, 3.63) is 59.7 Å². The quantitative estimate of drug-likeness (QED) is 0.637. The highest BCUT2D eigenvalue weighted by Gasteiger charge is 2.47. The smallest absolute Gasteiger partial charge is 0.180 e. The molecule has 2 aromatic rings. The van der Waals surface area contributed by atoms with Gasteiger partial charge in [-0.3, -0.25) is 0 Å². The van der Waals surface area contributed by atoms with E-state index in [-0.39, 0.29) is 16.8 Å². The highest BCUT2D eigenvalue weighted by molar-refractivity contribution is 7.91. The van der Waals surface area contributed by atoms with E-state index < -0.39 is 21.4 Å². The number of nitrogens with zero attached hydrogens (tertiary/aromatic N) is 1. The van der Waals surface area contributed by atoms with Gasteiger partial charge in [-0.1, -0.05) is 63.1 Å². The van der Waals surface area contributed by atoms with Crippen LogP contribution in [0.4, 0.5) is 0 Å². The molecule has 1 N–H and O–H groups in total. The lowest BCUT2D eigenvalue weighted by Crippen LogP contribution is -2.51. The van der Waals surface area contributed by atoms with Gasteiger partial charge in [-0.25, -0.2) is 8.42 Å². The summed E-state index contributed by atoms with van der Waals surface area (Å²) in [6.45, 7) is 7.86. The maximum Gasteiger partial charge on any atom is 0.180 e. The van der Waals surface area contributed by atoms with Gasteiger partial charge in [0.25, 0.3) is 0 Å². The minimum atomic E-state index is -3.64. The number of benzene rings is 2. The van der Waals surface area contributed by atoms with Gasteiger partial charge in [0.1, 0.15) is 5.75 Å². The Hall–Kier alpha value is -1.89. The third-order valence-corrected chi connectivity index (χ3v) is 7.89. The van der Waals surface area contributed by atoms with Crippen LogP contribution in [0.5, 0.6) is 5.75 Å². The van der Waals surface area contributed by atoms with Crippen LogP contribution >= 0.6 is 0 Å². The van der Waals surface area contributed by atoms with E-state index in [0.29, 0.717) is 24.2 Å². The lowest BCUT2D eigenvalue weighted by Gasteiger charge is -2.42. The standard InChI is InChI=1S/C24H33NO4S/c1-5-7-15-24(6-2)17-30(27,28)22-16-20(29-18(3)4)13-14-21(22)23(25(24)26)19-11-9-8-10-12-19/h8-14,16,18,23,26H,5-7,15,17H2,1-4H3/t23-,24-/m1/s1. The third-order valence-electron chi connectivity index (χ3n) is 5.94. The van der Waals surface area contributed by atoms with Crippen molar-refractivity contribution in [3.63, 3.8) is 0 Å². The number of fused-ring (bicyclic) bond motifs is 1. The molecule has 0 amide bonds. The number of hydroxylamine groups is 2. The summed E-state index contributed by atoms with van der Waals surface area (Å²) < 4.78 is 33.0. The number of rotatable bonds is 7. The Bertz CT molecular complexity index is 958. The number of hydrogen-bond donors (Lipinski definition) is 1. The lowest BCUT2D eigenvalue weighted by molar-refractivity contribution is -0.193. The zero-order valence-electron chi connectivity index (χ0n) is 18.3. The van der Waals surface area contributed by atoms with Crippen LogP contribution in [-0.4, -0.2) is 36.1 Å². The molecule has 0 spiro atoms. The number of ether oxygens (including phenoxy) is 1. The van der Waals surface area contributed by atoms with Gasteiger partial charge in [0.05, 0.1) is 28.3 Å². The molecule has 2 aromatic carbocycles. The molecule has 2 atom stereocenters. The summed E-state index contributed by atoms with van der Waals surface area (Å²) in [4.78, 5) is 0.250. The number of unbranched alkanes of at least 4 members (excludes halogenated alkanes) is 1. The predicted octanol–water partition coefficient (Wildman–Crippen LogP) is 5.38. The highest BCUT2D eigenvalue weighted by atomic mass is 32.2. The van der Waals surface area contributed by atoms with E-state index in [2.05, 4.69) is 6.92 Å². The van der Waals surface area contributed by atoms with Gasteiger partial charge in [0, 0.05) is 0 Å². The molecule has 1 aliphatic heterocycles. The fraction of sp³-hybridized carbons (Fsp3) is 0.500. The van der Waals surface area contributed by atoms with Gasteiger partial charge >= 0.3 is 0 Å². The van der Waals surface area contributed by atoms with Crippen LogP contribution in [0.2, 0.25) is 0 Å². The highest BCUT2D eigenvalue weighted by Crippen LogP contribution is 2.44. The average Bonchev–Trinajstić information content (AvgIpc) is 2.78. The maximum absolute atomic E-state index is 13.6. The van der Waals surface area contributed by atoms with Crippen molar-refractivity contribution >= 4 is 9.84 Å². The van der Waals surface area contributed by atoms with Crippen molar-refractivity contribution in [1.82, 2.24) is 5.06 Å². The summed E-state index contributed by atoms with van der Waals surface area (Å²) in [6.07, 6.45) is 2.87. The Morgan fingerprint density at radius 2 is 1.87 bits per heavy atom. The molecule has 6 heteroatoms. The largest absolute Gasteiger partial charge is 0.491 e. The van der Waals surface area contributed by atoms with Crippen LogP contribution in [0.3, 0.4) is 0 Å². The Morgan fingerprint density at radius 3 is 2.47 bits per heavy atom. The molecule has 1 heterocycles. The van der Waals surface area contributed by atoms with Crippen molar-refractivity contribution in [3.8, 4) is 5.75 Å².